The number of nitrogens with one attached hydrogen (secondary N) is 2. The number of fused-ring (bicyclic) bond motifs is 1. The number of carboxylic acids is 1. The van der Waals surface area contributed by atoms with E-state index in [4.69, 9.17) is 9.79 Å². The molecular weight excluding hydrogens is 657 g/mol. The van der Waals surface area contributed by atoms with Crippen molar-refractivity contribution in [2.24, 2.45) is 5.14 Å². The second kappa shape index (κ2) is 12.6. The van der Waals surface area contributed by atoms with Crippen LogP contribution >= 0.6 is 15.9 Å². The first-order valence-electron chi connectivity index (χ1n) is 12.6. The number of phenols is 1. The van der Waals surface area contributed by atoms with Crippen LogP contribution in [0, 0.1) is 0 Å². The molecule has 4 rings (SSSR count). The Hall–Kier alpha value is -4.20. The number of phenolic OH excluding ortho intramolecular Hbond substituents is 1. The molecule has 0 bridgehead atoms. The van der Waals surface area contributed by atoms with Gasteiger partial charge < -0.3 is 35.4 Å². The SMILES string of the molecule is NS(=O)(=O)c1ccc(C(NC(=O)N2CCN(CCBr)C(=O)C2=O)C(=O)NC2Cc3cccc(C(=O)O)c3OB2O)cc1O. The fourth-order valence-electron chi connectivity index (χ4n) is 4.62. The number of aromatic carboxylic acids is 1. The lowest BCUT2D eigenvalue weighted by molar-refractivity contribution is -0.153. The molecule has 228 valence electrons. The maximum absolute atomic E-state index is 13.5. The number of benzene rings is 2. The Kier molecular flexibility index (Phi) is 9.28. The first-order valence-corrected chi connectivity index (χ1v) is 15.2. The molecule has 1 saturated heterocycles. The summed E-state index contributed by atoms with van der Waals surface area (Å²) in [6.45, 7) is 0.0719. The Balaban J connectivity index is 1.62. The number of carbonyl (C=O) groups is 5. The van der Waals surface area contributed by atoms with E-state index in [0.717, 1.165) is 18.2 Å². The van der Waals surface area contributed by atoms with E-state index in [2.05, 4.69) is 26.6 Å². The number of piperazine rings is 1. The van der Waals surface area contributed by atoms with Crippen molar-refractivity contribution in [1.29, 1.82) is 0 Å². The van der Waals surface area contributed by atoms with Crippen LogP contribution in [0.15, 0.2) is 41.3 Å². The molecule has 0 aliphatic carbocycles. The van der Waals surface area contributed by atoms with E-state index in [1.165, 1.54) is 23.1 Å². The van der Waals surface area contributed by atoms with Gasteiger partial charge in [0.25, 0.3) is 0 Å². The van der Waals surface area contributed by atoms with Crippen LogP contribution < -0.4 is 20.4 Å². The van der Waals surface area contributed by atoms with Gasteiger partial charge in [0.15, 0.2) is 0 Å². The summed E-state index contributed by atoms with van der Waals surface area (Å²) < 4.78 is 28.9. The number of carbonyl (C=O) groups excluding carboxylic acids is 4. The van der Waals surface area contributed by atoms with Crippen LogP contribution in [0.5, 0.6) is 11.5 Å². The summed E-state index contributed by atoms with van der Waals surface area (Å²) >= 11 is 3.18. The smallest absolute Gasteiger partial charge is 0.534 e. The maximum Gasteiger partial charge on any atom is 0.547 e. The predicted molar refractivity (Wildman–Crippen MR) is 150 cm³/mol. The minimum atomic E-state index is -4.36. The van der Waals surface area contributed by atoms with Gasteiger partial charge in [-0.15, -0.1) is 0 Å². The minimum absolute atomic E-state index is 0.0354. The Labute approximate surface area is 253 Å². The standard InChI is InChI=1S/C24H25BBrN5O11S/c26-6-7-30-8-9-31(22(35)21(30)34)24(38)29-18(12-4-5-16(15(32)10-12)43(27,40)41)20(33)28-17-11-13-2-1-3-14(23(36)37)19(13)42-25(17)39/h1-5,10,17-18,32,39H,6-9,11H2,(H,28,33)(H,29,38)(H,36,37)(H2,27,40,41). The van der Waals surface area contributed by atoms with Crippen LogP contribution in [0.4, 0.5) is 4.79 Å². The van der Waals surface area contributed by atoms with Gasteiger partial charge in [-0.2, -0.15) is 0 Å². The van der Waals surface area contributed by atoms with Crippen molar-refractivity contribution in [1.82, 2.24) is 20.4 Å². The molecule has 2 atom stereocenters. The van der Waals surface area contributed by atoms with E-state index in [0.29, 0.717) is 15.8 Å². The summed E-state index contributed by atoms with van der Waals surface area (Å²) in [5.41, 5.74) is 0.0104. The molecule has 0 spiro atoms. The Morgan fingerprint density at radius 3 is 2.51 bits per heavy atom. The molecule has 2 heterocycles. The summed E-state index contributed by atoms with van der Waals surface area (Å²) in [5.74, 6) is -6.42. The molecule has 2 aromatic carbocycles. The number of carboxylic acid groups (broad SMARTS) is 1. The number of aromatic hydroxyl groups is 1. The third-order valence-electron chi connectivity index (χ3n) is 6.74. The normalized spacial score (nSPS) is 17.6. The number of imide groups is 1. The number of amides is 5. The van der Waals surface area contributed by atoms with Gasteiger partial charge in [0, 0.05) is 25.0 Å². The number of nitrogens with zero attached hydrogens (tertiary/aromatic N) is 2. The monoisotopic (exact) mass is 681 g/mol. The van der Waals surface area contributed by atoms with Gasteiger partial charge in [0.1, 0.15) is 22.4 Å². The molecule has 7 N–H and O–H groups in total. The van der Waals surface area contributed by atoms with E-state index >= 15 is 0 Å². The molecule has 0 aromatic heterocycles. The van der Waals surface area contributed by atoms with Crippen molar-refractivity contribution in [2.75, 3.05) is 25.0 Å². The molecule has 43 heavy (non-hydrogen) atoms. The molecule has 0 radical (unpaired) electrons. The fourth-order valence-corrected chi connectivity index (χ4v) is 5.66. The quantitative estimate of drug-likeness (QED) is 0.108. The van der Waals surface area contributed by atoms with Crippen LogP contribution in [-0.2, 0) is 30.8 Å². The number of primary sulfonamides is 1. The van der Waals surface area contributed by atoms with Gasteiger partial charge in [0.2, 0.25) is 15.9 Å². The number of urea groups is 1. The van der Waals surface area contributed by atoms with Crippen molar-refractivity contribution in [3.05, 3.63) is 53.1 Å². The summed E-state index contributed by atoms with van der Waals surface area (Å²) in [5, 5.41) is 40.6. The summed E-state index contributed by atoms with van der Waals surface area (Å²) in [7, 11) is -6.07. The largest absolute Gasteiger partial charge is 0.547 e. The summed E-state index contributed by atoms with van der Waals surface area (Å²) in [6.07, 6.45) is -0.0812. The van der Waals surface area contributed by atoms with Gasteiger partial charge in [-0.05, 0) is 35.7 Å². The van der Waals surface area contributed by atoms with E-state index in [9.17, 15) is 47.6 Å². The van der Waals surface area contributed by atoms with E-state index < -0.39 is 69.5 Å². The van der Waals surface area contributed by atoms with Crippen molar-refractivity contribution >= 4 is 62.8 Å². The molecule has 19 heteroatoms. The summed E-state index contributed by atoms with van der Waals surface area (Å²) in [6, 6.07) is 4.30. The molecule has 2 aliphatic rings. The fraction of sp³-hybridized carbons (Fsp3) is 0.292. The van der Waals surface area contributed by atoms with Gasteiger partial charge in [0.05, 0.1) is 11.5 Å². The zero-order valence-corrected chi connectivity index (χ0v) is 24.5. The maximum atomic E-state index is 13.5. The van der Waals surface area contributed by atoms with Crippen LogP contribution in [0.1, 0.15) is 27.5 Å². The number of halogens is 1. The number of rotatable bonds is 8. The first kappa shape index (κ1) is 31.7. The highest BCUT2D eigenvalue weighted by Gasteiger charge is 2.41. The Morgan fingerprint density at radius 2 is 1.88 bits per heavy atom. The van der Waals surface area contributed by atoms with Crippen LogP contribution in [0.2, 0.25) is 0 Å². The van der Waals surface area contributed by atoms with Gasteiger partial charge >= 0.3 is 30.9 Å². The Bertz CT molecular complexity index is 1610. The zero-order chi connectivity index (χ0) is 31.6. The summed E-state index contributed by atoms with van der Waals surface area (Å²) in [4.78, 5) is 64.5. The topological polar surface area (TPSA) is 246 Å². The number of sulfonamides is 1. The highest BCUT2D eigenvalue weighted by atomic mass is 79.9. The third-order valence-corrected chi connectivity index (χ3v) is 8.05. The highest BCUT2D eigenvalue weighted by Crippen LogP contribution is 2.31. The second-order valence-corrected chi connectivity index (χ2v) is 11.8. The molecule has 2 aliphatic heterocycles. The molecule has 0 saturated carbocycles. The van der Waals surface area contributed by atoms with E-state index in [1.807, 2.05) is 0 Å². The van der Waals surface area contributed by atoms with Gasteiger partial charge in [-0.25, -0.2) is 23.1 Å². The molecule has 2 unspecified atom stereocenters. The lowest BCUT2D eigenvalue weighted by Crippen LogP contribution is -2.60. The average molecular weight is 682 g/mol. The number of hydrogen-bond acceptors (Lipinski definition) is 10. The lowest BCUT2D eigenvalue weighted by Gasteiger charge is -2.33. The number of para-hydroxylation sites is 1. The molecule has 16 nitrogen and oxygen atoms in total. The van der Waals surface area contributed by atoms with Gasteiger partial charge in [-0.3, -0.25) is 19.3 Å². The van der Waals surface area contributed by atoms with Crippen molar-refractivity contribution in [2.45, 2.75) is 23.3 Å². The van der Waals surface area contributed by atoms with Crippen LogP contribution in [0.3, 0.4) is 0 Å². The predicted octanol–water partition coefficient (Wildman–Crippen LogP) is -1.31. The average Bonchev–Trinajstić information content (AvgIpc) is 2.93. The number of nitrogens with two attached hydrogens (primary N) is 1. The van der Waals surface area contributed by atoms with E-state index in [1.54, 1.807) is 0 Å². The van der Waals surface area contributed by atoms with Crippen LogP contribution in [-0.4, -0.2) is 101 Å². The van der Waals surface area contributed by atoms with Gasteiger partial charge in [-0.1, -0.05) is 34.1 Å². The number of alkyl halides is 1. The molecule has 2 aromatic rings. The molecular formula is C24H25BBrN5O11S. The lowest BCUT2D eigenvalue weighted by atomic mass is 9.72. The first-order chi connectivity index (χ1) is 20.2. The third kappa shape index (κ3) is 6.74. The van der Waals surface area contributed by atoms with Crippen molar-refractivity contribution < 1.29 is 52.3 Å². The molecule has 5 amide bonds. The van der Waals surface area contributed by atoms with Crippen molar-refractivity contribution in [3.63, 3.8) is 0 Å². The number of hydrogen-bond donors (Lipinski definition) is 6. The molecule has 1 fully saturated rings. The van der Waals surface area contributed by atoms with Crippen LogP contribution in [0.25, 0.3) is 0 Å². The van der Waals surface area contributed by atoms with Crippen molar-refractivity contribution in [3.8, 4) is 11.5 Å². The minimum Gasteiger partial charge on any atom is -0.534 e. The Morgan fingerprint density at radius 1 is 1.16 bits per heavy atom. The highest BCUT2D eigenvalue weighted by molar-refractivity contribution is 9.09. The van der Waals surface area contributed by atoms with E-state index in [-0.39, 0.29) is 42.9 Å². The zero-order valence-electron chi connectivity index (χ0n) is 22.1. The second-order valence-electron chi connectivity index (χ2n) is 9.52.